The summed E-state index contributed by atoms with van der Waals surface area (Å²) in [6, 6.07) is 0. The summed E-state index contributed by atoms with van der Waals surface area (Å²) in [5.74, 6) is 0.428. The second kappa shape index (κ2) is 5.40. The molecule has 7 nitrogen and oxygen atoms in total. The van der Waals surface area contributed by atoms with Crippen molar-refractivity contribution in [2.24, 2.45) is 0 Å². The molecule has 0 N–H and O–H groups in total. The summed E-state index contributed by atoms with van der Waals surface area (Å²) in [4.78, 5) is 24.1. The molecule has 0 saturated heterocycles. The predicted octanol–water partition coefficient (Wildman–Crippen LogP) is 2.10. The zero-order valence-corrected chi connectivity index (χ0v) is 13.3. The van der Waals surface area contributed by atoms with Gasteiger partial charge < -0.3 is 4.74 Å². The zero-order valence-electron chi connectivity index (χ0n) is 12.5. The van der Waals surface area contributed by atoms with E-state index in [1.807, 2.05) is 20.8 Å². The smallest absolute Gasteiger partial charge is 0.377 e. The maximum Gasteiger partial charge on any atom is 0.377 e. The third kappa shape index (κ3) is 3.02. The van der Waals surface area contributed by atoms with Crippen molar-refractivity contribution >= 4 is 17.6 Å². The van der Waals surface area contributed by atoms with Gasteiger partial charge in [0, 0.05) is 11.0 Å². The van der Waals surface area contributed by atoms with Crippen molar-refractivity contribution in [3.63, 3.8) is 0 Å². The van der Waals surface area contributed by atoms with Crippen LogP contribution < -0.4 is 0 Å². The highest BCUT2D eigenvalue weighted by molar-refractivity contribution is 6.30. The van der Waals surface area contributed by atoms with Crippen LogP contribution in [0, 0.1) is 6.92 Å². The van der Waals surface area contributed by atoms with Crippen LogP contribution in [-0.2, 0) is 10.2 Å². The molecule has 112 valence electrons. The van der Waals surface area contributed by atoms with Gasteiger partial charge in [-0.3, -0.25) is 0 Å². The van der Waals surface area contributed by atoms with Gasteiger partial charge >= 0.3 is 5.97 Å². The van der Waals surface area contributed by atoms with Crippen LogP contribution in [-0.4, -0.2) is 37.8 Å². The highest BCUT2D eigenvalue weighted by atomic mass is 35.5. The number of nitrogens with zero attached hydrogens (tertiary/aromatic N) is 5. The molecular formula is C13H16ClN5O2. The molecule has 0 aliphatic heterocycles. The van der Waals surface area contributed by atoms with Gasteiger partial charge in [0.25, 0.3) is 5.82 Å². The molecule has 0 spiro atoms. The number of hydrogen-bond donors (Lipinski definition) is 0. The van der Waals surface area contributed by atoms with Crippen molar-refractivity contribution in [1.82, 2.24) is 24.7 Å². The number of aromatic nitrogens is 5. The Morgan fingerprint density at radius 3 is 2.57 bits per heavy atom. The maximum atomic E-state index is 11.4. The topological polar surface area (TPSA) is 82.8 Å². The molecule has 0 aliphatic rings. The summed E-state index contributed by atoms with van der Waals surface area (Å²) in [6.45, 7) is 7.74. The average Bonchev–Trinajstić information content (AvgIpc) is 2.89. The largest absolute Gasteiger partial charge is 0.463 e. The third-order valence-corrected chi connectivity index (χ3v) is 3.18. The third-order valence-electron chi connectivity index (χ3n) is 2.81. The average molecular weight is 310 g/mol. The second-order valence-electron chi connectivity index (χ2n) is 5.54. The summed E-state index contributed by atoms with van der Waals surface area (Å²) in [6.07, 6.45) is 1.39. The molecule has 0 radical (unpaired) electrons. The van der Waals surface area contributed by atoms with Crippen LogP contribution in [0.5, 0.6) is 0 Å². The lowest BCUT2D eigenvalue weighted by molar-refractivity contribution is 0.0587. The van der Waals surface area contributed by atoms with Crippen molar-refractivity contribution in [3.8, 4) is 5.82 Å². The Balaban J connectivity index is 2.55. The lowest BCUT2D eigenvalue weighted by Gasteiger charge is -2.18. The lowest BCUT2D eigenvalue weighted by Crippen LogP contribution is -2.19. The molecular weight excluding hydrogens is 294 g/mol. The van der Waals surface area contributed by atoms with Gasteiger partial charge in [0.15, 0.2) is 5.82 Å². The highest BCUT2D eigenvalue weighted by Gasteiger charge is 2.22. The molecule has 2 aromatic heterocycles. The minimum Gasteiger partial charge on any atom is -0.463 e. The fourth-order valence-electron chi connectivity index (χ4n) is 1.59. The Morgan fingerprint density at radius 1 is 1.33 bits per heavy atom. The van der Waals surface area contributed by atoms with Crippen molar-refractivity contribution in [2.75, 3.05) is 7.11 Å². The van der Waals surface area contributed by atoms with Crippen molar-refractivity contribution < 1.29 is 9.53 Å². The molecule has 2 rings (SSSR count). The molecule has 2 heterocycles. The van der Waals surface area contributed by atoms with Crippen molar-refractivity contribution in [3.05, 3.63) is 28.7 Å². The number of halogens is 1. The van der Waals surface area contributed by atoms with Gasteiger partial charge in [0.05, 0.1) is 7.11 Å². The van der Waals surface area contributed by atoms with Crippen LogP contribution in [0.1, 0.15) is 42.8 Å². The first-order valence-corrected chi connectivity index (χ1v) is 6.67. The number of rotatable bonds is 2. The fraction of sp³-hybridized carbons (Fsp3) is 0.462. The number of esters is 1. The minimum atomic E-state index is -0.609. The Kier molecular flexibility index (Phi) is 3.95. The van der Waals surface area contributed by atoms with Gasteiger partial charge in [-0.15, -0.1) is 5.10 Å². The molecule has 2 aromatic rings. The SMILES string of the molecule is COC(=O)c1ncn(-c2nc(C(C)(C)C)nc(Cl)c2C)n1. The minimum absolute atomic E-state index is 0.0380. The van der Waals surface area contributed by atoms with Gasteiger partial charge in [-0.25, -0.2) is 24.4 Å². The Morgan fingerprint density at radius 2 is 2.00 bits per heavy atom. The number of ether oxygens (including phenoxy) is 1. The van der Waals surface area contributed by atoms with E-state index in [9.17, 15) is 4.79 Å². The summed E-state index contributed by atoms with van der Waals surface area (Å²) >= 11 is 6.17. The van der Waals surface area contributed by atoms with Crippen LogP contribution in [0.3, 0.4) is 0 Å². The first kappa shape index (κ1) is 15.4. The van der Waals surface area contributed by atoms with Crippen molar-refractivity contribution in [1.29, 1.82) is 0 Å². The van der Waals surface area contributed by atoms with E-state index in [2.05, 4.69) is 24.8 Å². The van der Waals surface area contributed by atoms with E-state index in [0.29, 0.717) is 22.4 Å². The quantitative estimate of drug-likeness (QED) is 0.624. The molecule has 0 atom stereocenters. The summed E-state index contributed by atoms with van der Waals surface area (Å²) < 4.78 is 5.97. The molecule has 21 heavy (non-hydrogen) atoms. The molecule has 8 heteroatoms. The van der Waals surface area contributed by atoms with Crippen LogP contribution in [0.4, 0.5) is 0 Å². The molecule has 0 unspecified atom stereocenters. The molecule has 0 fully saturated rings. The predicted molar refractivity (Wildman–Crippen MR) is 76.7 cm³/mol. The van der Waals surface area contributed by atoms with E-state index in [1.165, 1.54) is 18.1 Å². The molecule has 0 aromatic carbocycles. The first-order chi connectivity index (χ1) is 9.74. The van der Waals surface area contributed by atoms with Gasteiger partial charge in [-0.2, -0.15) is 0 Å². The Hall–Kier alpha value is -2.02. The summed E-state index contributed by atoms with van der Waals surface area (Å²) in [5, 5.41) is 4.41. The van der Waals surface area contributed by atoms with E-state index >= 15 is 0 Å². The Bertz CT molecular complexity index is 690. The van der Waals surface area contributed by atoms with Gasteiger partial charge in [-0.05, 0) is 6.92 Å². The molecule has 0 aliphatic carbocycles. The number of carbonyl (C=O) groups excluding carboxylic acids is 1. The lowest BCUT2D eigenvalue weighted by atomic mass is 9.95. The monoisotopic (exact) mass is 309 g/mol. The van der Waals surface area contributed by atoms with E-state index in [4.69, 9.17) is 11.6 Å². The molecule has 0 bridgehead atoms. The normalized spacial score (nSPS) is 11.5. The van der Waals surface area contributed by atoms with Crippen LogP contribution in [0.15, 0.2) is 6.33 Å². The summed E-state index contributed by atoms with van der Waals surface area (Å²) in [7, 11) is 1.27. The second-order valence-corrected chi connectivity index (χ2v) is 5.90. The standard InChI is InChI=1S/C13H16ClN5O2/c1-7-8(14)16-12(13(2,3)4)17-10(7)19-6-15-9(18-19)11(20)21-5/h6H,1-5H3. The Labute approximate surface area is 127 Å². The molecule has 0 amide bonds. The van der Waals surface area contributed by atoms with E-state index in [0.717, 1.165) is 0 Å². The zero-order chi connectivity index (χ0) is 15.8. The maximum absolute atomic E-state index is 11.4. The van der Waals surface area contributed by atoms with Gasteiger partial charge in [0.1, 0.15) is 17.3 Å². The fourth-order valence-corrected chi connectivity index (χ4v) is 1.75. The number of hydrogen-bond acceptors (Lipinski definition) is 6. The number of methoxy groups -OCH3 is 1. The van der Waals surface area contributed by atoms with Crippen LogP contribution >= 0.6 is 11.6 Å². The van der Waals surface area contributed by atoms with Crippen LogP contribution in [0.25, 0.3) is 5.82 Å². The summed E-state index contributed by atoms with van der Waals surface area (Å²) in [5.41, 5.74) is 0.392. The van der Waals surface area contributed by atoms with Gasteiger partial charge in [0.2, 0.25) is 0 Å². The van der Waals surface area contributed by atoms with E-state index < -0.39 is 5.97 Å². The van der Waals surface area contributed by atoms with E-state index in [-0.39, 0.29) is 11.2 Å². The first-order valence-electron chi connectivity index (χ1n) is 6.29. The van der Waals surface area contributed by atoms with E-state index in [1.54, 1.807) is 6.92 Å². The van der Waals surface area contributed by atoms with Crippen LogP contribution in [0.2, 0.25) is 5.15 Å². The molecule has 0 saturated carbocycles. The van der Waals surface area contributed by atoms with Gasteiger partial charge in [-0.1, -0.05) is 32.4 Å². The number of carbonyl (C=O) groups is 1. The van der Waals surface area contributed by atoms with Crippen molar-refractivity contribution in [2.45, 2.75) is 33.1 Å². The highest BCUT2D eigenvalue weighted by Crippen LogP contribution is 2.25.